The molecule has 0 aliphatic carbocycles. The first-order valence-corrected chi connectivity index (χ1v) is 4.81. The van der Waals surface area contributed by atoms with Gasteiger partial charge in [-0.25, -0.2) is 4.79 Å². The number of nitro groups is 1. The molecular weight excluding hydrogens is 218 g/mol. The standard InChI is InChI=1S/C9H5NO4S/c11-9(12)7-4-5-2-1-3-6(10(13)14)8(5)15-7/h1-4H,(H,11,12). The number of nitro benzene ring substituents is 1. The molecule has 1 N–H and O–H groups in total. The number of rotatable bonds is 2. The Hall–Kier alpha value is -1.95. The average molecular weight is 223 g/mol. The highest BCUT2D eigenvalue weighted by Gasteiger charge is 2.16. The van der Waals surface area contributed by atoms with Gasteiger partial charge in [-0.3, -0.25) is 10.1 Å². The van der Waals surface area contributed by atoms with Gasteiger partial charge in [0.2, 0.25) is 0 Å². The van der Waals surface area contributed by atoms with Gasteiger partial charge in [-0.15, -0.1) is 11.3 Å². The molecule has 2 rings (SSSR count). The first kappa shape index (κ1) is 9.60. The molecule has 0 amide bonds. The van der Waals surface area contributed by atoms with Crippen LogP contribution in [0.15, 0.2) is 24.3 Å². The number of fused-ring (bicyclic) bond motifs is 1. The fourth-order valence-corrected chi connectivity index (χ4v) is 2.28. The molecule has 0 fully saturated rings. The minimum absolute atomic E-state index is 0.0509. The van der Waals surface area contributed by atoms with Gasteiger partial charge in [0.25, 0.3) is 5.69 Å². The monoisotopic (exact) mass is 223 g/mol. The van der Waals surface area contributed by atoms with Crippen LogP contribution >= 0.6 is 11.3 Å². The van der Waals surface area contributed by atoms with Crippen molar-refractivity contribution in [3.63, 3.8) is 0 Å². The summed E-state index contributed by atoms with van der Waals surface area (Å²) in [6.07, 6.45) is 0. The second-order valence-corrected chi connectivity index (χ2v) is 3.92. The largest absolute Gasteiger partial charge is 0.477 e. The zero-order valence-electron chi connectivity index (χ0n) is 7.34. The van der Waals surface area contributed by atoms with E-state index in [0.717, 1.165) is 11.3 Å². The molecule has 0 bridgehead atoms. The zero-order valence-corrected chi connectivity index (χ0v) is 8.15. The van der Waals surface area contributed by atoms with E-state index in [2.05, 4.69) is 0 Å². The molecule has 0 saturated carbocycles. The van der Waals surface area contributed by atoms with Crippen molar-refractivity contribution in [2.24, 2.45) is 0 Å². The van der Waals surface area contributed by atoms with Crippen molar-refractivity contribution in [3.05, 3.63) is 39.3 Å². The van der Waals surface area contributed by atoms with Gasteiger partial charge in [-0.1, -0.05) is 12.1 Å². The van der Waals surface area contributed by atoms with Gasteiger partial charge >= 0.3 is 5.97 Å². The lowest BCUT2D eigenvalue weighted by Crippen LogP contribution is -1.89. The van der Waals surface area contributed by atoms with Crippen LogP contribution in [0.2, 0.25) is 0 Å². The molecule has 5 nitrogen and oxygen atoms in total. The molecule has 1 heterocycles. The number of carbonyl (C=O) groups is 1. The molecule has 0 atom stereocenters. The van der Waals surface area contributed by atoms with E-state index in [-0.39, 0.29) is 10.6 Å². The SMILES string of the molecule is O=C(O)c1cc2cccc([N+](=O)[O-])c2s1. The number of aromatic carboxylic acids is 1. The maximum absolute atomic E-state index is 10.7. The second kappa shape index (κ2) is 3.32. The summed E-state index contributed by atoms with van der Waals surface area (Å²) >= 11 is 0.919. The molecule has 76 valence electrons. The lowest BCUT2D eigenvalue weighted by Gasteiger charge is -1.91. The molecule has 1 aromatic carbocycles. The topological polar surface area (TPSA) is 80.4 Å². The number of hydrogen-bond acceptors (Lipinski definition) is 4. The molecule has 0 unspecified atom stereocenters. The molecule has 0 aliphatic rings. The Labute approximate surface area is 87.7 Å². The summed E-state index contributed by atoms with van der Waals surface area (Å²) in [6.45, 7) is 0. The predicted molar refractivity (Wildman–Crippen MR) is 55.4 cm³/mol. The highest BCUT2D eigenvalue weighted by atomic mass is 32.1. The summed E-state index contributed by atoms with van der Waals surface area (Å²) < 4.78 is 0.403. The van der Waals surface area contributed by atoms with E-state index in [1.807, 2.05) is 0 Å². The summed E-state index contributed by atoms with van der Waals surface area (Å²) in [5, 5.41) is 20.0. The van der Waals surface area contributed by atoms with Crippen LogP contribution in [0.3, 0.4) is 0 Å². The number of carboxylic acids is 1. The van der Waals surface area contributed by atoms with Gasteiger partial charge in [0.1, 0.15) is 9.58 Å². The summed E-state index contributed by atoms with van der Waals surface area (Å²) in [7, 11) is 0. The van der Waals surface area contributed by atoms with E-state index in [0.29, 0.717) is 10.1 Å². The van der Waals surface area contributed by atoms with Crippen molar-refractivity contribution in [2.45, 2.75) is 0 Å². The van der Waals surface area contributed by atoms with E-state index in [1.165, 1.54) is 12.1 Å². The van der Waals surface area contributed by atoms with E-state index in [9.17, 15) is 14.9 Å². The number of hydrogen-bond donors (Lipinski definition) is 1. The van der Waals surface area contributed by atoms with Crippen molar-refractivity contribution in [1.29, 1.82) is 0 Å². The Morgan fingerprint density at radius 2 is 2.20 bits per heavy atom. The van der Waals surface area contributed by atoms with E-state index < -0.39 is 10.9 Å². The van der Waals surface area contributed by atoms with Gasteiger partial charge in [0.05, 0.1) is 4.92 Å². The van der Waals surface area contributed by atoms with Gasteiger partial charge in [0.15, 0.2) is 0 Å². The van der Waals surface area contributed by atoms with Crippen LogP contribution in [-0.4, -0.2) is 16.0 Å². The Morgan fingerprint density at radius 3 is 2.80 bits per heavy atom. The van der Waals surface area contributed by atoms with Crippen LogP contribution in [0.25, 0.3) is 10.1 Å². The Bertz CT molecular complexity index is 560. The molecular formula is C9H5NO4S. The van der Waals surface area contributed by atoms with E-state index >= 15 is 0 Å². The van der Waals surface area contributed by atoms with Crippen LogP contribution in [0.4, 0.5) is 5.69 Å². The number of non-ortho nitro benzene ring substituents is 1. The maximum Gasteiger partial charge on any atom is 0.345 e. The minimum Gasteiger partial charge on any atom is -0.477 e. The number of benzene rings is 1. The Balaban J connectivity index is 2.75. The van der Waals surface area contributed by atoms with Gasteiger partial charge in [-0.2, -0.15) is 0 Å². The van der Waals surface area contributed by atoms with Crippen LogP contribution in [0, 0.1) is 10.1 Å². The highest BCUT2D eigenvalue weighted by Crippen LogP contribution is 2.33. The Morgan fingerprint density at radius 1 is 1.47 bits per heavy atom. The third-order valence-corrected chi connectivity index (χ3v) is 3.09. The molecule has 15 heavy (non-hydrogen) atoms. The molecule has 0 aliphatic heterocycles. The number of nitrogens with zero attached hydrogens (tertiary/aromatic N) is 1. The maximum atomic E-state index is 10.7. The Kier molecular flexibility index (Phi) is 2.12. The van der Waals surface area contributed by atoms with Gasteiger partial charge in [0, 0.05) is 11.5 Å². The van der Waals surface area contributed by atoms with Crippen LogP contribution in [0.1, 0.15) is 9.67 Å². The van der Waals surface area contributed by atoms with Crippen molar-refractivity contribution >= 4 is 33.1 Å². The second-order valence-electron chi connectivity index (χ2n) is 2.87. The third kappa shape index (κ3) is 1.55. The molecule has 6 heteroatoms. The normalized spacial score (nSPS) is 10.4. The first-order valence-electron chi connectivity index (χ1n) is 4.00. The number of carboxylic acid groups (broad SMARTS) is 1. The van der Waals surface area contributed by atoms with Gasteiger partial charge in [-0.05, 0) is 6.07 Å². The lowest BCUT2D eigenvalue weighted by atomic mass is 10.2. The number of thiophene rings is 1. The van der Waals surface area contributed by atoms with Gasteiger partial charge < -0.3 is 5.11 Å². The predicted octanol–water partition coefficient (Wildman–Crippen LogP) is 2.51. The molecule has 0 saturated heterocycles. The molecule has 0 spiro atoms. The fourth-order valence-electron chi connectivity index (χ4n) is 1.30. The van der Waals surface area contributed by atoms with Crippen molar-refractivity contribution in [1.82, 2.24) is 0 Å². The van der Waals surface area contributed by atoms with Crippen LogP contribution in [-0.2, 0) is 0 Å². The van der Waals surface area contributed by atoms with E-state index in [4.69, 9.17) is 5.11 Å². The van der Waals surface area contributed by atoms with Crippen LogP contribution < -0.4 is 0 Å². The van der Waals surface area contributed by atoms with E-state index in [1.54, 1.807) is 12.1 Å². The summed E-state index contributed by atoms with van der Waals surface area (Å²) in [5.41, 5.74) is -0.0509. The summed E-state index contributed by atoms with van der Waals surface area (Å²) in [6, 6.07) is 6.00. The third-order valence-electron chi connectivity index (χ3n) is 1.93. The summed E-state index contributed by atoms with van der Waals surface area (Å²) in [4.78, 5) is 21.0. The first-order chi connectivity index (χ1) is 7.09. The molecule has 1 aromatic heterocycles. The lowest BCUT2D eigenvalue weighted by molar-refractivity contribution is -0.382. The fraction of sp³-hybridized carbons (Fsp3) is 0. The van der Waals surface area contributed by atoms with Crippen molar-refractivity contribution < 1.29 is 14.8 Å². The van der Waals surface area contributed by atoms with Crippen LogP contribution in [0.5, 0.6) is 0 Å². The summed E-state index contributed by atoms with van der Waals surface area (Å²) in [5.74, 6) is -1.06. The quantitative estimate of drug-likeness (QED) is 0.626. The molecule has 0 radical (unpaired) electrons. The molecule has 2 aromatic rings. The average Bonchev–Trinajstić information content (AvgIpc) is 2.60. The zero-order chi connectivity index (χ0) is 11.0. The van der Waals surface area contributed by atoms with Crippen molar-refractivity contribution in [3.8, 4) is 0 Å². The minimum atomic E-state index is -1.06. The smallest absolute Gasteiger partial charge is 0.345 e. The highest BCUT2D eigenvalue weighted by molar-refractivity contribution is 7.21. The van der Waals surface area contributed by atoms with Crippen molar-refractivity contribution in [2.75, 3.05) is 0 Å².